The van der Waals surface area contributed by atoms with Gasteiger partial charge in [0.1, 0.15) is 17.5 Å². The SMILES string of the molecule is Cc1nc(NN)cc(Nc2ccccc2Cl)n1. The number of aromatic nitrogens is 2. The first-order valence-electron chi connectivity index (χ1n) is 5.03. The average Bonchev–Trinajstić information content (AvgIpc) is 2.31. The van der Waals surface area contributed by atoms with Crippen LogP contribution in [0, 0.1) is 6.92 Å². The molecule has 0 amide bonds. The van der Waals surface area contributed by atoms with Gasteiger partial charge in [-0.3, -0.25) is 0 Å². The Labute approximate surface area is 104 Å². The molecule has 0 saturated heterocycles. The Hall–Kier alpha value is -1.85. The Kier molecular flexibility index (Phi) is 3.41. The lowest BCUT2D eigenvalue weighted by Crippen LogP contribution is -2.10. The number of hydrazine groups is 1. The number of anilines is 3. The highest BCUT2D eigenvalue weighted by Crippen LogP contribution is 2.24. The zero-order chi connectivity index (χ0) is 12.3. The van der Waals surface area contributed by atoms with E-state index in [0.717, 1.165) is 5.69 Å². The number of nitrogen functional groups attached to an aromatic ring is 1. The lowest BCUT2D eigenvalue weighted by atomic mass is 10.3. The predicted molar refractivity (Wildman–Crippen MR) is 69.3 cm³/mol. The van der Waals surface area contributed by atoms with Crippen LogP contribution in [0.4, 0.5) is 17.3 Å². The third kappa shape index (κ3) is 2.83. The van der Waals surface area contributed by atoms with E-state index in [2.05, 4.69) is 20.7 Å². The molecule has 2 aromatic rings. The Morgan fingerprint density at radius 1 is 1.18 bits per heavy atom. The summed E-state index contributed by atoms with van der Waals surface area (Å²) in [5, 5.41) is 3.74. The van der Waals surface area contributed by atoms with Crippen molar-refractivity contribution in [3.63, 3.8) is 0 Å². The first kappa shape index (κ1) is 11.6. The highest BCUT2D eigenvalue weighted by atomic mass is 35.5. The topological polar surface area (TPSA) is 75.9 Å². The number of hydrogen-bond acceptors (Lipinski definition) is 5. The average molecular weight is 250 g/mol. The molecule has 0 unspecified atom stereocenters. The summed E-state index contributed by atoms with van der Waals surface area (Å²) in [7, 11) is 0. The third-order valence-electron chi connectivity index (χ3n) is 2.12. The van der Waals surface area contributed by atoms with Crippen molar-refractivity contribution in [1.82, 2.24) is 9.97 Å². The maximum atomic E-state index is 6.04. The molecule has 0 atom stereocenters. The van der Waals surface area contributed by atoms with Crippen LogP contribution in [0.5, 0.6) is 0 Å². The van der Waals surface area contributed by atoms with Gasteiger partial charge in [-0.2, -0.15) is 0 Å². The summed E-state index contributed by atoms with van der Waals surface area (Å²) < 4.78 is 0. The van der Waals surface area contributed by atoms with E-state index >= 15 is 0 Å². The molecule has 0 aliphatic heterocycles. The van der Waals surface area contributed by atoms with Crippen molar-refractivity contribution in [2.24, 2.45) is 5.84 Å². The second-order valence-corrected chi connectivity index (χ2v) is 3.84. The van der Waals surface area contributed by atoms with Gasteiger partial charge in [0.15, 0.2) is 0 Å². The summed E-state index contributed by atoms with van der Waals surface area (Å²) >= 11 is 6.04. The fourth-order valence-electron chi connectivity index (χ4n) is 1.41. The number of benzene rings is 1. The maximum absolute atomic E-state index is 6.04. The largest absolute Gasteiger partial charge is 0.339 e. The summed E-state index contributed by atoms with van der Waals surface area (Å²) in [6, 6.07) is 9.14. The number of para-hydroxylation sites is 1. The lowest BCUT2D eigenvalue weighted by molar-refractivity contribution is 1.05. The second-order valence-electron chi connectivity index (χ2n) is 3.43. The van der Waals surface area contributed by atoms with Crippen molar-refractivity contribution in [2.75, 3.05) is 10.7 Å². The number of nitrogens with zero attached hydrogens (tertiary/aromatic N) is 2. The standard InChI is InChI=1S/C11H12ClN5/c1-7-14-10(6-11(15-7)17-13)16-9-5-3-2-4-8(9)12/h2-6H,13H2,1H3,(H2,14,15,16,17). The number of hydrogen-bond donors (Lipinski definition) is 3. The molecule has 0 radical (unpaired) electrons. The summed E-state index contributed by atoms with van der Waals surface area (Å²) in [5.41, 5.74) is 3.27. The minimum atomic E-state index is 0.548. The van der Waals surface area contributed by atoms with Crippen LogP contribution in [-0.4, -0.2) is 9.97 Å². The molecule has 0 fully saturated rings. The Morgan fingerprint density at radius 3 is 2.59 bits per heavy atom. The maximum Gasteiger partial charge on any atom is 0.145 e. The fraction of sp³-hybridized carbons (Fsp3) is 0.0909. The summed E-state index contributed by atoms with van der Waals surface area (Å²) in [5.74, 6) is 7.12. The molecule has 5 nitrogen and oxygen atoms in total. The van der Waals surface area contributed by atoms with Crippen LogP contribution in [0.25, 0.3) is 0 Å². The predicted octanol–water partition coefficient (Wildman–Crippen LogP) is 2.47. The molecule has 0 saturated carbocycles. The van der Waals surface area contributed by atoms with Gasteiger partial charge >= 0.3 is 0 Å². The zero-order valence-electron chi connectivity index (χ0n) is 9.24. The monoisotopic (exact) mass is 249 g/mol. The van der Waals surface area contributed by atoms with Gasteiger partial charge in [-0.1, -0.05) is 23.7 Å². The van der Waals surface area contributed by atoms with E-state index in [9.17, 15) is 0 Å². The number of nitrogens with two attached hydrogens (primary N) is 1. The number of halogens is 1. The molecular formula is C11H12ClN5. The minimum Gasteiger partial charge on any atom is -0.339 e. The molecule has 0 spiro atoms. The molecule has 2 rings (SSSR count). The van der Waals surface area contributed by atoms with E-state index in [4.69, 9.17) is 17.4 Å². The number of rotatable bonds is 3. The van der Waals surface area contributed by atoms with Crippen LogP contribution in [0.1, 0.15) is 5.82 Å². The first-order chi connectivity index (χ1) is 8.19. The minimum absolute atomic E-state index is 0.548. The molecule has 0 bridgehead atoms. The Balaban J connectivity index is 2.30. The number of nitrogens with one attached hydrogen (secondary N) is 2. The van der Waals surface area contributed by atoms with E-state index in [0.29, 0.717) is 22.5 Å². The third-order valence-corrected chi connectivity index (χ3v) is 2.45. The summed E-state index contributed by atoms with van der Waals surface area (Å²) in [6.45, 7) is 1.79. The highest BCUT2D eigenvalue weighted by molar-refractivity contribution is 6.33. The molecule has 1 aromatic carbocycles. The van der Waals surface area contributed by atoms with Crippen LogP contribution in [0.2, 0.25) is 5.02 Å². The molecule has 1 aromatic heterocycles. The van der Waals surface area contributed by atoms with E-state index in [1.54, 1.807) is 19.1 Å². The smallest absolute Gasteiger partial charge is 0.145 e. The molecule has 0 aliphatic rings. The Bertz CT molecular complexity index is 529. The van der Waals surface area contributed by atoms with Gasteiger partial charge in [0, 0.05) is 6.07 Å². The van der Waals surface area contributed by atoms with E-state index in [1.807, 2.05) is 18.2 Å². The molecule has 1 heterocycles. The van der Waals surface area contributed by atoms with E-state index < -0.39 is 0 Å². The highest BCUT2D eigenvalue weighted by Gasteiger charge is 2.03. The second kappa shape index (κ2) is 4.99. The van der Waals surface area contributed by atoms with Crippen LogP contribution in [-0.2, 0) is 0 Å². The van der Waals surface area contributed by atoms with E-state index in [1.165, 1.54) is 0 Å². The van der Waals surface area contributed by atoms with Crippen molar-refractivity contribution in [3.05, 3.63) is 41.2 Å². The Morgan fingerprint density at radius 2 is 1.88 bits per heavy atom. The van der Waals surface area contributed by atoms with Gasteiger partial charge < -0.3 is 10.7 Å². The van der Waals surface area contributed by atoms with Crippen LogP contribution >= 0.6 is 11.6 Å². The quantitative estimate of drug-likeness (QED) is 0.576. The first-order valence-corrected chi connectivity index (χ1v) is 5.40. The molecule has 88 valence electrons. The van der Waals surface area contributed by atoms with Crippen molar-refractivity contribution in [3.8, 4) is 0 Å². The molecular weight excluding hydrogens is 238 g/mol. The summed E-state index contributed by atoms with van der Waals surface area (Å²) in [6.07, 6.45) is 0. The molecule has 0 aliphatic carbocycles. The van der Waals surface area contributed by atoms with Gasteiger partial charge in [-0.15, -0.1) is 0 Å². The van der Waals surface area contributed by atoms with Gasteiger partial charge in [0.25, 0.3) is 0 Å². The van der Waals surface area contributed by atoms with Gasteiger partial charge in [-0.25, -0.2) is 15.8 Å². The molecule has 17 heavy (non-hydrogen) atoms. The molecule has 4 N–H and O–H groups in total. The van der Waals surface area contributed by atoms with Crippen molar-refractivity contribution in [1.29, 1.82) is 0 Å². The van der Waals surface area contributed by atoms with Crippen molar-refractivity contribution in [2.45, 2.75) is 6.92 Å². The summed E-state index contributed by atoms with van der Waals surface area (Å²) in [4.78, 5) is 8.34. The van der Waals surface area contributed by atoms with E-state index in [-0.39, 0.29) is 0 Å². The zero-order valence-corrected chi connectivity index (χ0v) is 9.99. The van der Waals surface area contributed by atoms with Crippen molar-refractivity contribution >= 4 is 28.9 Å². The van der Waals surface area contributed by atoms with Gasteiger partial charge in [-0.05, 0) is 19.1 Å². The van der Waals surface area contributed by atoms with Crippen molar-refractivity contribution < 1.29 is 0 Å². The van der Waals surface area contributed by atoms with Crippen LogP contribution in [0.3, 0.4) is 0 Å². The van der Waals surface area contributed by atoms with Crippen LogP contribution in [0.15, 0.2) is 30.3 Å². The fourth-order valence-corrected chi connectivity index (χ4v) is 1.59. The van der Waals surface area contributed by atoms with Gasteiger partial charge in [0.05, 0.1) is 10.7 Å². The number of aryl methyl sites for hydroxylation is 1. The molecule has 6 heteroatoms. The van der Waals surface area contributed by atoms with Gasteiger partial charge in [0.2, 0.25) is 0 Å². The lowest BCUT2D eigenvalue weighted by Gasteiger charge is -2.09. The normalized spacial score (nSPS) is 10.1. The van der Waals surface area contributed by atoms with Crippen LogP contribution < -0.4 is 16.6 Å².